The summed E-state index contributed by atoms with van der Waals surface area (Å²) in [6.07, 6.45) is 4.43. The Morgan fingerprint density at radius 1 is 1.03 bits per heavy atom. The fourth-order valence-corrected chi connectivity index (χ4v) is 3.49. The van der Waals surface area contributed by atoms with Gasteiger partial charge in [0.15, 0.2) is 5.65 Å². The van der Waals surface area contributed by atoms with Gasteiger partial charge in [0.05, 0.1) is 24.9 Å². The van der Waals surface area contributed by atoms with Crippen LogP contribution in [-0.2, 0) is 11.2 Å². The third-order valence-corrected chi connectivity index (χ3v) is 5.31. The first-order valence-corrected chi connectivity index (χ1v) is 10.8. The van der Waals surface area contributed by atoms with E-state index >= 15 is 0 Å². The molecule has 0 spiro atoms. The number of fused-ring (bicyclic) bond motifs is 1. The topological polar surface area (TPSA) is 59.7 Å². The average Bonchev–Trinajstić information content (AvgIpc) is 3.11. The lowest BCUT2D eigenvalue weighted by molar-refractivity contribution is -0.130. The van der Waals surface area contributed by atoms with E-state index < -0.39 is 0 Å². The molecule has 1 aromatic carbocycles. The molecule has 0 saturated carbocycles. The van der Waals surface area contributed by atoms with Crippen molar-refractivity contribution in [3.05, 3.63) is 47.7 Å². The van der Waals surface area contributed by atoms with E-state index in [2.05, 4.69) is 38.0 Å². The molecule has 0 fully saturated rings. The van der Waals surface area contributed by atoms with E-state index in [-0.39, 0.29) is 12.3 Å². The first-order chi connectivity index (χ1) is 14.6. The van der Waals surface area contributed by atoms with Crippen LogP contribution in [0.1, 0.15) is 50.8 Å². The Hall–Kier alpha value is -2.89. The molecule has 0 saturated heterocycles. The summed E-state index contributed by atoms with van der Waals surface area (Å²) in [4.78, 5) is 20.1. The summed E-state index contributed by atoms with van der Waals surface area (Å²) in [5.41, 5.74) is 4.49. The zero-order valence-electron chi connectivity index (χ0n) is 18.5. The highest BCUT2D eigenvalue weighted by atomic mass is 16.5. The third kappa shape index (κ3) is 4.99. The number of ether oxygens (including phenoxy) is 1. The number of carbonyl (C=O) groups is 1. The van der Waals surface area contributed by atoms with Gasteiger partial charge in [-0.15, -0.1) is 5.10 Å². The zero-order valence-corrected chi connectivity index (χ0v) is 18.5. The quantitative estimate of drug-likeness (QED) is 0.488. The van der Waals surface area contributed by atoms with Crippen molar-refractivity contribution in [3.63, 3.8) is 0 Å². The van der Waals surface area contributed by atoms with Crippen molar-refractivity contribution in [1.82, 2.24) is 19.5 Å². The van der Waals surface area contributed by atoms with Gasteiger partial charge in [-0.3, -0.25) is 4.79 Å². The molecule has 6 heteroatoms. The van der Waals surface area contributed by atoms with Crippen LogP contribution < -0.4 is 4.74 Å². The Morgan fingerprint density at radius 3 is 2.30 bits per heavy atom. The highest BCUT2D eigenvalue weighted by Gasteiger charge is 2.21. The molecular weight excluding hydrogens is 376 g/mol. The van der Waals surface area contributed by atoms with Gasteiger partial charge in [0, 0.05) is 24.7 Å². The molecule has 2 aromatic heterocycles. The van der Waals surface area contributed by atoms with Gasteiger partial charge in [0.25, 0.3) is 0 Å². The third-order valence-electron chi connectivity index (χ3n) is 5.31. The van der Waals surface area contributed by atoms with E-state index in [9.17, 15) is 4.79 Å². The van der Waals surface area contributed by atoms with E-state index in [1.54, 1.807) is 17.7 Å². The van der Waals surface area contributed by atoms with E-state index in [0.717, 1.165) is 55.7 Å². The zero-order chi connectivity index (χ0) is 21.5. The highest BCUT2D eigenvalue weighted by molar-refractivity contribution is 5.81. The summed E-state index contributed by atoms with van der Waals surface area (Å²) in [5, 5.41) is 4.56. The van der Waals surface area contributed by atoms with Gasteiger partial charge in [-0.2, -0.15) is 0 Å². The molecule has 30 heavy (non-hydrogen) atoms. The molecule has 0 atom stereocenters. The van der Waals surface area contributed by atoms with Gasteiger partial charge in [-0.1, -0.05) is 56.5 Å². The number of nitrogens with zero attached hydrogens (tertiary/aromatic N) is 4. The molecule has 3 rings (SSSR count). The van der Waals surface area contributed by atoms with E-state index in [4.69, 9.17) is 9.72 Å². The van der Waals surface area contributed by atoms with Gasteiger partial charge in [-0.05, 0) is 25.8 Å². The number of hydrogen-bond acceptors (Lipinski definition) is 4. The fourth-order valence-electron chi connectivity index (χ4n) is 3.49. The molecule has 0 radical (unpaired) electrons. The number of amides is 1. The van der Waals surface area contributed by atoms with E-state index in [1.165, 1.54) is 5.56 Å². The SMILES string of the molecule is CCCCN(CCCC)C(=O)Cc1c(-c2ccc(C)cc2)nc2ccc(OC)nn12. The van der Waals surface area contributed by atoms with Crippen LogP contribution in [0.3, 0.4) is 0 Å². The summed E-state index contributed by atoms with van der Waals surface area (Å²) < 4.78 is 7.07. The Labute approximate surface area is 178 Å². The molecule has 2 heterocycles. The predicted octanol–water partition coefficient (Wildman–Crippen LogP) is 4.68. The predicted molar refractivity (Wildman–Crippen MR) is 120 cm³/mol. The molecule has 0 aliphatic rings. The maximum absolute atomic E-state index is 13.3. The van der Waals surface area contributed by atoms with Crippen LogP contribution in [0.25, 0.3) is 16.9 Å². The molecule has 1 amide bonds. The molecule has 0 N–H and O–H groups in total. The van der Waals surface area contributed by atoms with E-state index in [0.29, 0.717) is 11.5 Å². The second-order valence-corrected chi connectivity index (χ2v) is 7.68. The molecule has 0 aliphatic carbocycles. The van der Waals surface area contributed by atoms with Crippen molar-refractivity contribution in [2.75, 3.05) is 20.2 Å². The standard InChI is InChI=1S/C24H32N4O2/c1-5-7-15-27(16-8-6-2)23(29)17-20-24(19-11-9-18(3)10-12-19)25-21-13-14-22(30-4)26-28(20)21/h9-14H,5-8,15-17H2,1-4H3. The van der Waals surface area contributed by atoms with Gasteiger partial charge in [0.2, 0.25) is 11.8 Å². The molecule has 3 aromatic rings. The summed E-state index contributed by atoms with van der Waals surface area (Å²) in [6.45, 7) is 7.95. The number of unbranched alkanes of at least 4 members (excludes halogenated alkanes) is 2. The molecule has 0 unspecified atom stereocenters. The summed E-state index contributed by atoms with van der Waals surface area (Å²) in [6, 6.07) is 11.9. The summed E-state index contributed by atoms with van der Waals surface area (Å²) in [5.74, 6) is 0.620. The van der Waals surface area contributed by atoms with Crippen molar-refractivity contribution >= 4 is 11.6 Å². The molecule has 160 valence electrons. The minimum Gasteiger partial charge on any atom is -0.480 e. The second kappa shape index (κ2) is 10.2. The maximum Gasteiger partial charge on any atom is 0.231 e. The number of rotatable bonds is 10. The lowest BCUT2D eigenvalue weighted by atomic mass is 10.1. The van der Waals surface area contributed by atoms with Gasteiger partial charge in [-0.25, -0.2) is 9.50 Å². The summed E-state index contributed by atoms with van der Waals surface area (Å²) in [7, 11) is 1.59. The number of aryl methyl sites for hydroxylation is 1. The normalized spacial score (nSPS) is 11.1. The number of aromatic nitrogens is 3. The van der Waals surface area contributed by atoms with Crippen LogP contribution >= 0.6 is 0 Å². The first-order valence-electron chi connectivity index (χ1n) is 10.8. The summed E-state index contributed by atoms with van der Waals surface area (Å²) >= 11 is 0. The van der Waals surface area contributed by atoms with Crippen LogP contribution in [0, 0.1) is 6.92 Å². The van der Waals surface area contributed by atoms with Crippen LogP contribution in [0.5, 0.6) is 5.88 Å². The van der Waals surface area contributed by atoms with Crippen molar-refractivity contribution < 1.29 is 9.53 Å². The molecular formula is C24H32N4O2. The molecule has 6 nitrogen and oxygen atoms in total. The van der Waals surface area contributed by atoms with Crippen molar-refractivity contribution in [3.8, 4) is 17.1 Å². The number of hydrogen-bond donors (Lipinski definition) is 0. The Balaban J connectivity index is 2.01. The van der Waals surface area contributed by atoms with Crippen LogP contribution in [-0.4, -0.2) is 45.6 Å². The Kier molecular flexibility index (Phi) is 7.44. The lowest BCUT2D eigenvalue weighted by Crippen LogP contribution is -2.34. The minimum absolute atomic E-state index is 0.122. The van der Waals surface area contributed by atoms with Crippen LogP contribution in [0.2, 0.25) is 0 Å². The first kappa shape index (κ1) is 21.8. The average molecular weight is 409 g/mol. The van der Waals surface area contributed by atoms with Crippen LogP contribution in [0.4, 0.5) is 0 Å². The number of imidazole rings is 1. The van der Waals surface area contributed by atoms with Crippen molar-refractivity contribution in [2.24, 2.45) is 0 Å². The Morgan fingerprint density at radius 2 is 1.70 bits per heavy atom. The van der Waals surface area contributed by atoms with Crippen molar-refractivity contribution in [1.29, 1.82) is 0 Å². The van der Waals surface area contributed by atoms with Gasteiger partial charge >= 0.3 is 0 Å². The second-order valence-electron chi connectivity index (χ2n) is 7.68. The molecule has 0 aliphatic heterocycles. The minimum atomic E-state index is 0.122. The number of benzene rings is 1. The largest absolute Gasteiger partial charge is 0.480 e. The number of methoxy groups -OCH3 is 1. The lowest BCUT2D eigenvalue weighted by Gasteiger charge is -2.22. The maximum atomic E-state index is 13.3. The highest BCUT2D eigenvalue weighted by Crippen LogP contribution is 2.26. The van der Waals surface area contributed by atoms with Crippen LogP contribution in [0.15, 0.2) is 36.4 Å². The van der Waals surface area contributed by atoms with Gasteiger partial charge in [0.1, 0.15) is 0 Å². The number of carbonyl (C=O) groups excluding carboxylic acids is 1. The monoisotopic (exact) mass is 408 g/mol. The smallest absolute Gasteiger partial charge is 0.231 e. The molecule has 0 bridgehead atoms. The Bertz CT molecular complexity index is 971. The van der Waals surface area contributed by atoms with E-state index in [1.807, 2.05) is 23.1 Å². The van der Waals surface area contributed by atoms with Gasteiger partial charge < -0.3 is 9.64 Å². The van der Waals surface area contributed by atoms with Crippen molar-refractivity contribution in [2.45, 2.75) is 52.9 Å². The fraction of sp³-hybridized carbons (Fsp3) is 0.458.